The van der Waals surface area contributed by atoms with Gasteiger partial charge in [0.1, 0.15) is 23.8 Å². The number of halogens is 1. The van der Waals surface area contributed by atoms with Gasteiger partial charge in [-0.3, -0.25) is 9.59 Å². The zero-order valence-electron chi connectivity index (χ0n) is 16.6. The van der Waals surface area contributed by atoms with Crippen molar-refractivity contribution < 1.29 is 23.5 Å². The molecule has 1 N–H and O–H groups in total. The summed E-state index contributed by atoms with van der Waals surface area (Å²) >= 11 is 0. The fraction of sp³-hybridized carbons (Fsp3) is 0.391. The van der Waals surface area contributed by atoms with Gasteiger partial charge in [0.2, 0.25) is 5.91 Å². The number of ether oxygens (including phenoxy) is 2. The van der Waals surface area contributed by atoms with Gasteiger partial charge in [-0.05, 0) is 62.1 Å². The molecular formula is C23H24FNO4. The van der Waals surface area contributed by atoms with Crippen LogP contribution in [0.4, 0.5) is 4.39 Å². The van der Waals surface area contributed by atoms with Crippen molar-refractivity contribution >= 4 is 11.7 Å². The average Bonchev–Trinajstić information content (AvgIpc) is 3.35. The molecule has 1 saturated heterocycles. The number of ketones is 1. The molecule has 0 spiro atoms. The first-order valence-electron chi connectivity index (χ1n) is 9.92. The highest BCUT2D eigenvalue weighted by Gasteiger charge is 2.29. The fourth-order valence-electron chi connectivity index (χ4n) is 3.97. The van der Waals surface area contributed by atoms with E-state index in [1.165, 1.54) is 19.1 Å². The van der Waals surface area contributed by atoms with E-state index in [4.69, 9.17) is 9.47 Å². The number of carbonyl (C=O) groups is 2. The van der Waals surface area contributed by atoms with Gasteiger partial charge in [0.25, 0.3) is 0 Å². The van der Waals surface area contributed by atoms with Gasteiger partial charge in [-0.15, -0.1) is 0 Å². The lowest BCUT2D eigenvalue weighted by molar-refractivity contribution is -0.130. The van der Waals surface area contributed by atoms with Crippen LogP contribution in [0.25, 0.3) is 11.1 Å². The first-order valence-corrected chi connectivity index (χ1v) is 9.92. The number of carbonyl (C=O) groups excluding carboxylic acids is 2. The summed E-state index contributed by atoms with van der Waals surface area (Å²) in [5.74, 6) is -0.0158. The van der Waals surface area contributed by atoms with Crippen LogP contribution >= 0.6 is 0 Å². The van der Waals surface area contributed by atoms with Gasteiger partial charge in [0.05, 0.1) is 6.54 Å². The molecule has 1 amide bonds. The Bertz CT molecular complexity index is 966. The largest absolute Gasteiger partial charge is 0.487 e. The van der Waals surface area contributed by atoms with Crippen molar-refractivity contribution in [2.24, 2.45) is 0 Å². The Hall–Kier alpha value is -2.73. The molecule has 0 bridgehead atoms. The minimum Gasteiger partial charge on any atom is -0.487 e. The van der Waals surface area contributed by atoms with Crippen LogP contribution in [-0.4, -0.2) is 37.0 Å². The predicted molar refractivity (Wildman–Crippen MR) is 107 cm³/mol. The van der Waals surface area contributed by atoms with Crippen LogP contribution in [0.3, 0.4) is 0 Å². The molecule has 2 atom stereocenters. The summed E-state index contributed by atoms with van der Waals surface area (Å²) in [4.78, 5) is 23.9. The Labute approximate surface area is 169 Å². The number of Topliss-reactive ketones (excluding diaryl/α,β-unsaturated/α-hetero) is 1. The van der Waals surface area contributed by atoms with Gasteiger partial charge < -0.3 is 14.8 Å². The molecule has 0 aromatic heterocycles. The van der Waals surface area contributed by atoms with Crippen molar-refractivity contribution in [3.8, 4) is 16.9 Å². The second kappa shape index (κ2) is 7.95. The van der Waals surface area contributed by atoms with Crippen molar-refractivity contribution in [1.29, 1.82) is 0 Å². The number of amides is 1. The molecule has 6 heteroatoms. The molecule has 4 rings (SSSR count). The SMILES string of the molecule is CC(=O)c1ccc(F)c(-c2cc(C)cc3c2O[C@H](CNC(=O)[C@H]2CCCO2)C3)c1. The first kappa shape index (κ1) is 19.6. The summed E-state index contributed by atoms with van der Waals surface area (Å²) in [5, 5.41) is 2.90. The van der Waals surface area contributed by atoms with Crippen molar-refractivity contribution in [3.63, 3.8) is 0 Å². The Balaban J connectivity index is 1.56. The van der Waals surface area contributed by atoms with E-state index in [0.717, 1.165) is 24.0 Å². The van der Waals surface area contributed by atoms with E-state index in [9.17, 15) is 14.0 Å². The molecule has 0 aliphatic carbocycles. The van der Waals surface area contributed by atoms with Crippen LogP contribution < -0.4 is 10.1 Å². The number of rotatable bonds is 5. The van der Waals surface area contributed by atoms with Crippen LogP contribution in [0, 0.1) is 12.7 Å². The van der Waals surface area contributed by atoms with Crippen LogP contribution in [0.15, 0.2) is 30.3 Å². The quantitative estimate of drug-likeness (QED) is 0.783. The molecule has 5 nitrogen and oxygen atoms in total. The molecule has 152 valence electrons. The Morgan fingerprint density at radius 2 is 2.03 bits per heavy atom. The minimum atomic E-state index is -0.401. The summed E-state index contributed by atoms with van der Waals surface area (Å²) in [6.45, 7) is 4.39. The van der Waals surface area contributed by atoms with Gasteiger partial charge in [-0.25, -0.2) is 4.39 Å². The minimum absolute atomic E-state index is 0.112. The highest BCUT2D eigenvalue weighted by molar-refractivity contribution is 5.95. The highest BCUT2D eigenvalue weighted by Crippen LogP contribution is 2.41. The number of nitrogens with one attached hydrogen (secondary N) is 1. The monoisotopic (exact) mass is 397 g/mol. The average molecular weight is 397 g/mol. The maximum Gasteiger partial charge on any atom is 0.249 e. The third-order valence-electron chi connectivity index (χ3n) is 5.43. The van der Waals surface area contributed by atoms with Gasteiger partial charge in [0, 0.05) is 29.7 Å². The van der Waals surface area contributed by atoms with Crippen LogP contribution in [0.1, 0.15) is 41.3 Å². The maximum atomic E-state index is 14.6. The molecule has 2 heterocycles. The molecule has 2 aromatic carbocycles. The third kappa shape index (κ3) is 4.03. The van der Waals surface area contributed by atoms with Crippen molar-refractivity contribution in [2.45, 2.75) is 45.3 Å². The standard InChI is InChI=1S/C23H24FNO4/c1-13-8-16-10-17(12-25-23(27)21-4-3-7-28-21)29-22(16)19(9-13)18-11-15(14(2)26)5-6-20(18)24/h5-6,8-9,11,17,21H,3-4,7,10,12H2,1-2H3,(H,25,27)/t17-,21+/m0/s1. The van der Waals surface area contributed by atoms with E-state index in [-0.39, 0.29) is 23.9 Å². The second-order valence-corrected chi connectivity index (χ2v) is 7.74. The lowest BCUT2D eigenvalue weighted by atomic mass is 9.95. The smallest absolute Gasteiger partial charge is 0.249 e. The van der Waals surface area contributed by atoms with E-state index >= 15 is 0 Å². The van der Waals surface area contributed by atoms with Gasteiger partial charge in [0.15, 0.2) is 5.78 Å². The number of fused-ring (bicyclic) bond motifs is 1. The van der Waals surface area contributed by atoms with E-state index in [1.807, 2.05) is 19.1 Å². The summed E-state index contributed by atoms with van der Waals surface area (Å²) < 4.78 is 26.1. The third-order valence-corrected chi connectivity index (χ3v) is 5.43. The first-order chi connectivity index (χ1) is 13.9. The second-order valence-electron chi connectivity index (χ2n) is 7.74. The normalized spacial score (nSPS) is 20.2. The van der Waals surface area contributed by atoms with Gasteiger partial charge >= 0.3 is 0 Å². The molecule has 2 aliphatic heterocycles. The number of hydrogen-bond donors (Lipinski definition) is 1. The number of benzene rings is 2. The molecule has 0 radical (unpaired) electrons. The molecule has 0 unspecified atom stereocenters. The summed E-state index contributed by atoms with van der Waals surface area (Å²) in [5.41, 5.74) is 3.40. The predicted octanol–water partition coefficient (Wildman–Crippen LogP) is 3.60. The Kier molecular flexibility index (Phi) is 5.37. The van der Waals surface area contributed by atoms with Gasteiger partial charge in [-0.1, -0.05) is 6.07 Å². The van der Waals surface area contributed by atoms with E-state index < -0.39 is 5.82 Å². The molecule has 1 fully saturated rings. The summed E-state index contributed by atoms with van der Waals surface area (Å²) in [7, 11) is 0. The Morgan fingerprint density at radius 1 is 1.21 bits per heavy atom. The highest BCUT2D eigenvalue weighted by atomic mass is 19.1. The fourth-order valence-corrected chi connectivity index (χ4v) is 3.97. The zero-order chi connectivity index (χ0) is 20.5. The van der Waals surface area contributed by atoms with E-state index in [0.29, 0.717) is 42.0 Å². The molecule has 0 saturated carbocycles. The number of hydrogen-bond acceptors (Lipinski definition) is 4. The van der Waals surface area contributed by atoms with Gasteiger partial charge in [-0.2, -0.15) is 0 Å². The van der Waals surface area contributed by atoms with E-state index in [2.05, 4.69) is 5.32 Å². The van der Waals surface area contributed by atoms with E-state index in [1.54, 1.807) is 6.07 Å². The molecule has 2 aliphatic rings. The van der Waals surface area contributed by atoms with Crippen LogP contribution in [-0.2, 0) is 16.0 Å². The van der Waals surface area contributed by atoms with Crippen molar-refractivity contribution in [3.05, 3.63) is 52.8 Å². The zero-order valence-corrected chi connectivity index (χ0v) is 16.6. The summed E-state index contributed by atoms with van der Waals surface area (Å²) in [6.07, 6.45) is 1.67. The lowest BCUT2D eigenvalue weighted by Crippen LogP contribution is -2.40. The summed E-state index contributed by atoms with van der Waals surface area (Å²) in [6, 6.07) is 8.26. The lowest BCUT2D eigenvalue weighted by Gasteiger charge is -2.16. The van der Waals surface area contributed by atoms with Crippen LogP contribution in [0.2, 0.25) is 0 Å². The maximum absolute atomic E-state index is 14.6. The molecular weight excluding hydrogens is 373 g/mol. The number of aryl methyl sites for hydroxylation is 1. The van der Waals surface area contributed by atoms with Crippen LogP contribution in [0.5, 0.6) is 5.75 Å². The molecule has 29 heavy (non-hydrogen) atoms. The molecule has 2 aromatic rings. The van der Waals surface area contributed by atoms with Crippen molar-refractivity contribution in [1.82, 2.24) is 5.32 Å². The topological polar surface area (TPSA) is 64.6 Å². The van der Waals surface area contributed by atoms with Crippen molar-refractivity contribution in [2.75, 3.05) is 13.2 Å². The Morgan fingerprint density at radius 3 is 2.76 bits per heavy atom.